The van der Waals surface area contributed by atoms with Crippen LogP contribution < -0.4 is 11.1 Å². The Morgan fingerprint density at radius 2 is 2.00 bits per heavy atom. The summed E-state index contributed by atoms with van der Waals surface area (Å²) in [4.78, 5) is 39.5. The van der Waals surface area contributed by atoms with Gasteiger partial charge < -0.3 is 25.8 Å². The number of carbonyl (C=O) groups is 3. The second kappa shape index (κ2) is 9.61. The Morgan fingerprint density at radius 3 is 2.56 bits per heavy atom. The molecule has 1 fully saturated rings. The minimum absolute atomic E-state index is 0.0246. The van der Waals surface area contributed by atoms with Crippen molar-refractivity contribution in [2.24, 2.45) is 11.1 Å². The number of hydrogen-bond acceptors (Lipinski definition) is 8. The molecule has 1 aromatic carbocycles. The van der Waals surface area contributed by atoms with Crippen LogP contribution >= 0.6 is 11.5 Å². The van der Waals surface area contributed by atoms with Crippen molar-refractivity contribution < 1.29 is 24.2 Å². The van der Waals surface area contributed by atoms with Gasteiger partial charge in [0, 0.05) is 24.9 Å². The molecule has 0 unspecified atom stereocenters. The van der Waals surface area contributed by atoms with Gasteiger partial charge in [0.05, 0.1) is 17.2 Å². The van der Waals surface area contributed by atoms with Crippen molar-refractivity contribution in [1.29, 1.82) is 0 Å². The van der Waals surface area contributed by atoms with E-state index in [-0.39, 0.29) is 19.5 Å². The highest BCUT2D eigenvalue weighted by Crippen LogP contribution is 2.28. The molecule has 1 aliphatic heterocycles. The van der Waals surface area contributed by atoms with Crippen LogP contribution in [0.1, 0.15) is 32.8 Å². The molecular weight excluding hydrogens is 434 g/mol. The first-order chi connectivity index (χ1) is 15.1. The number of benzene rings is 1. The Morgan fingerprint density at radius 1 is 1.31 bits per heavy atom. The van der Waals surface area contributed by atoms with Crippen LogP contribution in [0, 0.1) is 5.41 Å². The summed E-state index contributed by atoms with van der Waals surface area (Å²) in [6, 6.07) is 6.74. The van der Waals surface area contributed by atoms with Crippen molar-refractivity contribution in [2.45, 2.75) is 52.0 Å². The second-order valence-electron chi connectivity index (χ2n) is 8.78. The molecule has 0 spiro atoms. The number of rotatable bonds is 6. The quantitative estimate of drug-likeness (QED) is 0.587. The van der Waals surface area contributed by atoms with Crippen LogP contribution in [-0.4, -0.2) is 62.3 Å². The molecule has 0 bridgehead atoms. The first kappa shape index (κ1) is 23.6. The summed E-state index contributed by atoms with van der Waals surface area (Å²) in [6.07, 6.45) is -1.31. The number of carbonyl (C=O) groups excluding carboxylic acids is 3. The van der Waals surface area contributed by atoms with E-state index in [4.69, 9.17) is 10.5 Å². The maximum atomic E-state index is 13.1. The van der Waals surface area contributed by atoms with Crippen LogP contribution in [0.15, 0.2) is 30.5 Å². The minimum atomic E-state index is -1.17. The maximum absolute atomic E-state index is 13.1. The number of aliphatic hydroxyl groups excluding tert-OH is 1. The molecular formula is C21H27N5O5S. The van der Waals surface area contributed by atoms with Crippen molar-refractivity contribution >= 4 is 29.4 Å². The molecule has 3 rings (SSSR count). The van der Waals surface area contributed by atoms with Gasteiger partial charge in [-0.05, 0) is 22.7 Å². The first-order valence-electron chi connectivity index (χ1n) is 10.1. The van der Waals surface area contributed by atoms with Gasteiger partial charge in [-0.3, -0.25) is 9.59 Å². The number of hydrogen-bond donors (Lipinski definition) is 3. The fourth-order valence-electron chi connectivity index (χ4n) is 3.56. The van der Waals surface area contributed by atoms with Crippen LogP contribution in [0.2, 0.25) is 0 Å². The Hall–Kier alpha value is -3.05. The lowest BCUT2D eigenvalue weighted by molar-refractivity contribution is -0.150. The third kappa shape index (κ3) is 5.60. The van der Waals surface area contributed by atoms with E-state index in [1.807, 2.05) is 24.3 Å². The van der Waals surface area contributed by atoms with Crippen molar-refractivity contribution in [3.8, 4) is 10.4 Å². The molecule has 4 N–H and O–H groups in total. The van der Waals surface area contributed by atoms with Crippen LogP contribution in [0.4, 0.5) is 4.79 Å². The monoisotopic (exact) mass is 461 g/mol. The smallest absolute Gasteiger partial charge is 0.405 e. The maximum Gasteiger partial charge on any atom is 0.405 e. The summed E-state index contributed by atoms with van der Waals surface area (Å²) in [5, 5.41) is 16.8. The van der Waals surface area contributed by atoms with Crippen molar-refractivity contribution in [1.82, 2.24) is 19.8 Å². The van der Waals surface area contributed by atoms with Gasteiger partial charge >= 0.3 is 6.09 Å². The molecule has 3 amide bonds. The van der Waals surface area contributed by atoms with Crippen molar-refractivity contribution in [3.63, 3.8) is 0 Å². The molecule has 0 aliphatic carbocycles. The predicted molar refractivity (Wildman–Crippen MR) is 117 cm³/mol. The van der Waals surface area contributed by atoms with E-state index in [0.29, 0.717) is 0 Å². The topological polar surface area (TPSA) is 148 Å². The lowest BCUT2D eigenvalue weighted by atomic mass is 9.88. The van der Waals surface area contributed by atoms with Crippen molar-refractivity contribution in [2.75, 3.05) is 6.54 Å². The highest BCUT2D eigenvalue weighted by Gasteiger charge is 2.45. The molecule has 0 saturated carbocycles. The van der Waals surface area contributed by atoms with E-state index in [2.05, 4.69) is 14.9 Å². The predicted octanol–water partition coefficient (Wildman–Crippen LogP) is 1.29. The molecule has 0 radical (unpaired) electrons. The third-order valence-corrected chi connectivity index (χ3v) is 5.89. The van der Waals surface area contributed by atoms with E-state index in [9.17, 15) is 19.5 Å². The van der Waals surface area contributed by atoms with Gasteiger partial charge in [-0.1, -0.05) is 49.5 Å². The van der Waals surface area contributed by atoms with Crippen molar-refractivity contribution in [3.05, 3.63) is 36.0 Å². The fraction of sp³-hybridized carbons (Fsp3) is 0.476. The Labute approximate surface area is 189 Å². The SMILES string of the molecule is CC(C)(C)[C@H](OC(N)=O)C(=O)N1C[C@@H](O)C[C@H]1C(=O)NCc1ccc(-c2cnns2)cc1. The number of primary amides is 1. The lowest BCUT2D eigenvalue weighted by Gasteiger charge is -2.33. The number of aromatic nitrogens is 2. The van der Waals surface area contributed by atoms with Gasteiger partial charge in [-0.25, -0.2) is 4.79 Å². The zero-order valence-corrected chi connectivity index (χ0v) is 19.0. The number of nitrogens with two attached hydrogens (primary N) is 1. The molecule has 11 heteroatoms. The number of likely N-dealkylation sites (tertiary alicyclic amines) is 1. The molecule has 172 valence electrons. The van der Waals surface area contributed by atoms with E-state index >= 15 is 0 Å². The van der Waals surface area contributed by atoms with E-state index in [1.165, 1.54) is 16.4 Å². The highest BCUT2D eigenvalue weighted by atomic mass is 32.1. The van der Waals surface area contributed by atoms with E-state index in [1.54, 1.807) is 27.0 Å². The average Bonchev–Trinajstić information content (AvgIpc) is 3.39. The van der Waals surface area contributed by atoms with Crippen LogP contribution in [-0.2, 0) is 20.9 Å². The number of aliphatic hydroxyl groups is 1. The van der Waals surface area contributed by atoms with E-state index in [0.717, 1.165) is 16.0 Å². The van der Waals surface area contributed by atoms with Crippen LogP contribution in [0.3, 0.4) is 0 Å². The fourth-order valence-corrected chi connectivity index (χ4v) is 4.08. The molecule has 1 aliphatic rings. The number of ether oxygens (including phenoxy) is 1. The van der Waals surface area contributed by atoms with Crippen LogP contribution in [0.25, 0.3) is 10.4 Å². The summed E-state index contributed by atoms with van der Waals surface area (Å²) in [7, 11) is 0. The number of nitrogens with zero attached hydrogens (tertiary/aromatic N) is 3. The lowest BCUT2D eigenvalue weighted by Crippen LogP contribution is -2.53. The Bertz CT molecular complexity index is 958. The molecule has 10 nitrogen and oxygen atoms in total. The standard InChI is InChI=1S/C21H27N5O5S/c1-21(2,3)17(31-20(22)30)19(29)26-11-14(27)8-15(26)18(28)23-9-12-4-6-13(7-5-12)16-10-24-25-32-16/h4-7,10,14-15,17,27H,8-9,11H2,1-3H3,(H2,22,30)(H,23,28)/t14-,15-,17+/m0/s1. The molecule has 2 heterocycles. The summed E-state index contributed by atoms with van der Waals surface area (Å²) in [5.41, 5.74) is 6.25. The number of nitrogens with one attached hydrogen (secondary N) is 1. The van der Waals surface area contributed by atoms with Gasteiger partial charge in [0.25, 0.3) is 5.91 Å². The van der Waals surface area contributed by atoms with Gasteiger partial charge in [-0.15, -0.1) is 5.10 Å². The summed E-state index contributed by atoms with van der Waals surface area (Å²) >= 11 is 1.30. The minimum Gasteiger partial charge on any atom is -0.436 e. The Balaban J connectivity index is 1.66. The van der Waals surface area contributed by atoms with Gasteiger partial charge in [0.1, 0.15) is 6.04 Å². The van der Waals surface area contributed by atoms with Gasteiger partial charge in [0.2, 0.25) is 5.91 Å². The largest absolute Gasteiger partial charge is 0.436 e. The molecule has 1 aromatic heterocycles. The average molecular weight is 462 g/mol. The molecule has 2 aromatic rings. The van der Waals surface area contributed by atoms with Crippen LogP contribution in [0.5, 0.6) is 0 Å². The summed E-state index contributed by atoms with van der Waals surface area (Å²) < 4.78 is 8.89. The Kier molecular flexibility index (Phi) is 7.09. The summed E-state index contributed by atoms with van der Waals surface area (Å²) in [6.45, 7) is 5.42. The van der Waals surface area contributed by atoms with Gasteiger partial charge in [0.15, 0.2) is 6.10 Å². The number of amides is 3. The van der Waals surface area contributed by atoms with E-state index < -0.39 is 41.6 Å². The molecule has 1 saturated heterocycles. The molecule has 32 heavy (non-hydrogen) atoms. The molecule has 3 atom stereocenters. The zero-order valence-electron chi connectivity index (χ0n) is 18.1. The normalized spacial score (nSPS) is 19.4. The first-order valence-corrected chi connectivity index (χ1v) is 10.9. The number of β-amino-alcohol motifs (C(OH)–C–C–N with tert-alkyl or cyclic N) is 1. The highest BCUT2D eigenvalue weighted by molar-refractivity contribution is 7.09. The third-order valence-electron chi connectivity index (χ3n) is 5.18. The summed E-state index contributed by atoms with van der Waals surface area (Å²) in [5.74, 6) is -0.951. The van der Waals surface area contributed by atoms with Gasteiger partial charge in [-0.2, -0.15) is 0 Å². The zero-order chi connectivity index (χ0) is 23.5. The second-order valence-corrected chi connectivity index (χ2v) is 9.56.